The third kappa shape index (κ3) is 2.24. The molecule has 0 aliphatic heterocycles. The molecule has 8 heteroatoms. The fourth-order valence-corrected chi connectivity index (χ4v) is 3.97. The van der Waals surface area contributed by atoms with Crippen LogP contribution in [0.25, 0.3) is 11.0 Å². The summed E-state index contributed by atoms with van der Waals surface area (Å²) in [6.45, 7) is 0. The highest BCUT2D eigenvalue weighted by Gasteiger charge is 2.23. The van der Waals surface area contributed by atoms with Gasteiger partial charge in [-0.15, -0.1) is 0 Å². The maximum Gasteiger partial charge on any atom is 0.269 e. The van der Waals surface area contributed by atoms with E-state index >= 15 is 0 Å². The molecule has 0 bridgehead atoms. The van der Waals surface area contributed by atoms with E-state index in [0.717, 1.165) is 3.97 Å². The lowest BCUT2D eigenvalue weighted by Gasteiger charge is -2.07. The molecule has 0 saturated heterocycles. The first-order valence-electron chi connectivity index (χ1n) is 6.03. The lowest BCUT2D eigenvalue weighted by molar-refractivity contribution is 0.588. The maximum absolute atomic E-state index is 12.7. The van der Waals surface area contributed by atoms with Gasteiger partial charge in [-0.05, 0) is 18.2 Å². The van der Waals surface area contributed by atoms with Crippen LogP contribution in [0.3, 0.4) is 0 Å². The number of halogens is 2. The summed E-state index contributed by atoms with van der Waals surface area (Å²) in [7, 11) is -3.90. The molecule has 0 amide bonds. The Morgan fingerprint density at radius 2 is 1.86 bits per heavy atom. The standard InChI is InChI=1S/C14H7Cl2N3O2S/c15-11-6-12(16)18-14-13(11)9(7-17)8-19(14)22(20,21)10-4-2-1-3-5-10/h1-6,8H. The van der Waals surface area contributed by atoms with E-state index < -0.39 is 10.0 Å². The molecule has 3 aromatic rings. The molecule has 0 aliphatic carbocycles. The second-order valence-electron chi connectivity index (χ2n) is 4.39. The third-order valence-electron chi connectivity index (χ3n) is 3.07. The SMILES string of the molecule is N#Cc1cn(S(=O)(=O)c2ccccc2)c2nc(Cl)cc(Cl)c12. The lowest BCUT2D eigenvalue weighted by Crippen LogP contribution is -2.12. The monoisotopic (exact) mass is 351 g/mol. The van der Waals surface area contributed by atoms with Gasteiger partial charge in [-0.3, -0.25) is 0 Å². The zero-order valence-electron chi connectivity index (χ0n) is 10.9. The first-order chi connectivity index (χ1) is 10.4. The molecule has 2 aromatic heterocycles. The Kier molecular flexibility index (Phi) is 3.57. The van der Waals surface area contributed by atoms with Crippen LogP contribution < -0.4 is 0 Å². The van der Waals surface area contributed by atoms with Crippen molar-refractivity contribution < 1.29 is 8.42 Å². The summed E-state index contributed by atoms with van der Waals surface area (Å²) < 4.78 is 26.4. The Hall–Kier alpha value is -2.07. The van der Waals surface area contributed by atoms with Crippen molar-refractivity contribution in [1.29, 1.82) is 5.26 Å². The van der Waals surface area contributed by atoms with E-state index in [4.69, 9.17) is 23.2 Å². The van der Waals surface area contributed by atoms with Gasteiger partial charge in [-0.2, -0.15) is 5.26 Å². The number of hydrogen-bond donors (Lipinski definition) is 0. The van der Waals surface area contributed by atoms with Gasteiger partial charge >= 0.3 is 0 Å². The molecule has 22 heavy (non-hydrogen) atoms. The predicted octanol–water partition coefficient (Wildman–Crippen LogP) is 3.45. The Morgan fingerprint density at radius 1 is 1.18 bits per heavy atom. The van der Waals surface area contributed by atoms with Gasteiger partial charge in [0.1, 0.15) is 11.2 Å². The minimum absolute atomic E-state index is 0.0258. The van der Waals surface area contributed by atoms with E-state index in [9.17, 15) is 13.7 Å². The molecule has 0 fully saturated rings. The molecule has 2 heterocycles. The summed E-state index contributed by atoms with van der Waals surface area (Å²) in [5.74, 6) is 0. The Morgan fingerprint density at radius 3 is 2.50 bits per heavy atom. The number of nitriles is 1. The summed E-state index contributed by atoms with van der Waals surface area (Å²) in [4.78, 5) is 4.09. The quantitative estimate of drug-likeness (QED) is 0.662. The second kappa shape index (κ2) is 5.29. The van der Waals surface area contributed by atoms with Crippen molar-refractivity contribution in [3.05, 3.63) is 58.3 Å². The highest BCUT2D eigenvalue weighted by Crippen LogP contribution is 2.31. The zero-order chi connectivity index (χ0) is 15.9. The van der Waals surface area contributed by atoms with Crippen LogP contribution >= 0.6 is 23.2 Å². The van der Waals surface area contributed by atoms with E-state index in [1.54, 1.807) is 18.2 Å². The number of fused-ring (bicyclic) bond motifs is 1. The molecule has 0 saturated carbocycles. The van der Waals surface area contributed by atoms with Crippen LogP contribution in [-0.2, 0) is 10.0 Å². The van der Waals surface area contributed by atoms with E-state index in [1.807, 2.05) is 6.07 Å². The average Bonchev–Trinajstić information content (AvgIpc) is 2.87. The summed E-state index contributed by atoms with van der Waals surface area (Å²) in [5.41, 5.74) is 0.140. The number of hydrogen-bond acceptors (Lipinski definition) is 4. The molecule has 3 rings (SSSR count). The van der Waals surface area contributed by atoms with E-state index in [1.165, 1.54) is 24.4 Å². The molecule has 0 radical (unpaired) electrons. The average molecular weight is 352 g/mol. The lowest BCUT2D eigenvalue weighted by atomic mass is 10.2. The van der Waals surface area contributed by atoms with Crippen molar-refractivity contribution in [2.75, 3.05) is 0 Å². The van der Waals surface area contributed by atoms with E-state index in [2.05, 4.69) is 4.98 Å². The van der Waals surface area contributed by atoms with Gasteiger partial charge in [0.2, 0.25) is 0 Å². The molecule has 5 nitrogen and oxygen atoms in total. The van der Waals surface area contributed by atoms with Gasteiger partial charge in [-0.25, -0.2) is 17.4 Å². The summed E-state index contributed by atoms with van der Waals surface area (Å²) in [5, 5.41) is 9.68. The Balaban J connectivity index is 2.41. The fourth-order valence-electron chi connectivity index (χ4n) is 2.10. The van der Waals surface area contributed by atoms with Gasteiger partial charge in [0.25, 0.3) is 10.0 Å². The number of benzene rings is 1. The zero-order valence-corrected chi connectivity index (χ0v) is 13.2. The molecule has 1 aromatic carbocycles. The van der Waals surface area contributed by atoms with Gasteiger partial charge in [-0.1, -0.05) is 41.4 Å². The molecular formula is C14H7Cl2N3O2S. The first kappa shape index (κ1) is 14.9. The fraction of sp³-hybridized carbons (Fsp3) is 0. The van der Waals surface area contributed by atoms with E-state index in [-0.39, 0.29) is 31.7 Å². The minimum atomic E-state index is -3.90. The topological polar surface area (TPSA) is 75.8 Å². The molecule has 0 N–H and O–H groups in total. The summed E-state index contributed by atoms with van der Waals surface area (Å²) in [6, 6.07) is 11.1. The van der Waals surface area contributed by atoms with Crippen molar-refractivity contribution in [2.45, 2.75) is 4.90 Å². The molecular weight excluding hydrogens is 345 g/mol. The first-order valence-corrected chi connectivity index (χ1v) is 8.22. The van der Waals surface area contributed by atoms with Crippen molar-refractivity contribution in [1.82, 2.24) is 8.96 Å². The van der Waals surface area contributed by atoms with Crippen LogP contribution in [0.2, 0.25) is 10.2 Å². The summed E-state index contributed by atoms with van der Waals surface area (Å²) >= 11 is 11.9. The number of rotatable bonds is 2. The van der Waals surface area contributed by atoms with E-state index in [0.29, 0.717) is 0 Å². The van der Waals surface area contributed by atoms with Gasteiger partial charge in [0, 0.05) is 6.20 Å². The second-order valence-corrected chi connectivity index (χ2v) is 7.00. The normalized spacial score (nSPS) is 11.5. The Bertz CT molecular complexity index is 1020. The van der Waals surface area contributed by atoms with Crippen LogP contribution in [0.15, 0.2) is 47.5 Å². The smallest absolute Gasteiger partial charge is 0.223 e. The highest BCUT2D eigenvalue weighted by molar-refractivity contribution is 7.90. The van der Waals surface area contributed by atoms with Crippen molar-refractivity contribution in [3.63, 3.8) is 0 Å². The molecule has 0 unspecified atom stereocenters. The molecule has 0 aliphatic rings. The largest absolute Gasteiger partial charge is 0.269 e. The molecule has 0 atom stereocenters. The van der Waals surface area contributed by atoms with Crippen molar-refractivity contribution in [2.24, 2.45) is 0 Å². The molecule has 0 spiro atoms. The minimum Gasteiger partial charge on any atom is -0.223 e. The van der Waals surface area contributed by atoms with Gasteiger partial charge in [0.15, 0.2) is 5.65 Å². The molecule has 110 valence electrons. The number of pyridine rings is 1. The van der Waals surface area contributed by atoms with Crippen molar-refractivity contribution >= 4 is 44.3 Å². The van der Waals surface area contributed by atoms with Gasteiger partial charge in [0.05, 0.1) is 20.9 Å². The van der Waals surface area contributed by atoms with Crippen LogP contribution in [0.1, 0.15) is 5.56 Å². The maximum atomic E-state index is 12.7. The third-order valence-corrected chi connectivity index (χ3v) is 5.22. The number of aromatic nitrogens is 2. The summed E-state index contributed by atoms with van der Waals surface area (Å²) in [6.07, 6.45) is 1.20. The highest BCUT2D eigenvalue weighted by atomic mass is 35.5. The Labute approximate surface area is 136 Å². The van der Waals surface area contributed by atoms with Crippen LogP contribution in [0, 0.1) is 11.3 Å². The van der Waals surface area contributed by atoms with Crippen LogP contribution in [-0.4, -0.2) is 17.4 Å². The number of nitrogens with zero attached hydrogens (tertiary/aromatic N) is 3. The predicted molar refractivity (Wildman–Crippen MR) is 83.5 cm³/mol. The van der Waals surface area contributed by atoms with Gasteiger partial charge < -0.3 is 0 Å². The van der Waals surface area contributed by atoms with Crippen molar-refractivity contribution in [3.8, 4) is 6.07 Å². The van der Waals surface area contributed by atoms with Crippen LogP contribution in [0.5, 0.6) is 0 Å². The van der Waals surface area contributed by atoms with Crippen LogP contribution in [0.4, 0.5) is 0 Å².